The van der Waals surface area contributed by atoms with Gasteiger partial charge in [0, 0.05) is 12.6 Å². The molecule has 12 nitrogen and oxygen atoms in total. The fourth-order valence-electron chi connectivity index (χ4n) is 5.18. The third kappa shape index (κ3) is 7.89. The predicted molar refractivity (Wildman–Crippen MR) is 175 cm³/mol. The first-order valence-electron chi connectivity index (χ1n) is 15.4. The van der Waals surface area contributed by atoms with E-state index in [4.69, 9.17) is 23.9 Å². The highest BCUT2D eigenvalue weighted by atomic mass is 16.6. The molecule has 2 aromatic heterocycles. The number of piperidine rings is 1. The number of benzene rings is 2. The lowest BCUT2D eigenvalue weighted by Gasteiger charge is -2.34. The van der Waals surface area contributed by atoms with Crippen molar-refractivity contribution in [2.24, 2.45) is 0 Å². The van der Waals surface area contributed by atoms with Crippen molar-refractivity contribution in [1.29, 1.82) is 0 Å². The van der Waals surface area contributed by atoms with Gasteiger partial charge in [-0.2, -0.15) is 14.6 Å². The summed E-state index contributed by atoms with van der Waals surface area (Å²) in [7, 11) is 0. The van der Waals surface area contributed by atoms with Crippen LogP contribution in [-0.4, -0.2) is 69.4 Å². The van der Waals surface area contributed by atoms with Crippen molar-refractivity contribution in [3.8, 4) is 11.6 Å². The Hall–Kier alpha value is -5.39. The Balaban J connectivity index is 1.50. The van der Waals surface area contributed by atoms with Gasteiger partial charge >= 0.3 is 12.2 Å². The van der Waals surface area contributed by atoms with Crippen molar-refractivity contribution >= 4 is 35.6 Å². The normalized spacial score (nSPS) is 15.7. The number of likely N-dealkylation sites (tertiary alicyclic amines) is 1. The highest BCUT2D eigenvalue weighted by Crippen LogP contribution is 2.36. The Kier molecular flexibility index (Phi) is 10.1. The van der Waals surface area contributed by atoms with E-state index in [2.05, 4.69) is 5.10 Å². The van der Waals surface area contributed by atoms with Gasteiger partial charge in [-0.3, -0.25) is 4.79 Å². The second kappa shape index (κ2) is 14.4. The lowest BCUT2D eigenvalue weighted by Crippen LogP contribution is -2.46. The van der Waals surface area contributed by atoms with E-state index in [1.165, 1.54) is 11.0 Å². The number of aldehydes is 1. The van der Waals surface area contributed by atoms with Crippen molar-refractivity contribution in [2.75, 3.05) is 24.6 Å². The van der Waals surface area contributed by atoms with Crippen molar-refractivity contribution in [2.45, 2.75) is 59.4 Å². The highest BCUT2D eigenvalue weighted by molar-refractivity contribution is 5.96. The quantitative estimate of drug-likeness (QED) is 0.150. The van der Waals surface area contributed by atoms with Gasteiger partial charge in [0.2, 0.25) is 5.88 Å². The molecule has 0 aliphatic carbocycles. The molecule has 1 fully saturated rings. The van der Waals surface area contributed by atoms with Gasteiger partial charge in [0.1, 0.15) is 30.3 Å². The number of fused-ring (bicyclic) bond motifs is 1. The van der Waals surface area contributed by atoms with Crippen LogP contribution in [0.5, 0.6) is 11.6 Å². The van der Waals surface area contributed by atoms with E-state index in [1.807, 2.05) is 37.3 Å². The summed E-state index contributed by atoms with van der Waals surface area (Å²) in [6, 6.07) is 18.2. The molecule has 1 aliphatic heterocycles. The van der Waals surface area contributed by atoms with Crippen LogP contribution in [0.2, 0.25) is 0 Å². The molecule has 12 heteroatoms. The molecule has 5 rings (SSSR count). The van der Waals surface area contributed by atoms with Gasteiger partial charge in [-0.1, -0.05) is 30.3 Å². The molecule has 1 saturated heterocycles. The van der Waals surface area contributed by atoms with E-state index in [1.54, 1.807) is 73.6 Å². The van der Waals surface area contributed by atoms with E-state index in [0.717, 1.165) is 5.56 Å². The lowest BCUT2D eigenvalue weighted by atomic mass is 10.0. The first-order valence-corrected chi connectivity index (χ1v) is 15.4. The molecule has 0 N–H and O–H groups in total. The van der Waals surface area contributed by atoms with Gasteiger partial charge in [-0.05, 0) is 82.5 Å². The summed E-state index contributed by atoms with van der Waals surface area (Å²) in [4.78, 5) is 46.2. The van der Waals surface area contributed by atoms with E-state index in [0.29, 0.717) is 59.9 Å². The van der Waals surface area contributed by atoms with E-state index in [-0.39, 0.29) is 19.0 Å². The van der Waals surface area contributed by atoms with Gasteiger partial charge in [0.25, 0.3) is 0 Å². The number of carbonyl (C=O) groups excluding carboxylic acids is 3. The summed E-state index contributed by atoms with van der Waals surface area (Å²) >= 11 is 0. The fraction of sp³-hybridized carbons (Fsp3) is 0.343. The minimum atomic E-state index is -0.792. The molecule has 1 atom stereocenters. The third-order valence-electron chi connectivity index (χ3n) is 7.36. The summed E-state index contributed by atoms with van der Waals surface area (Å²) in [5.74, 6) is 1.21. The number of hydrogen-bond donors (Lipinski definition) is 0. The molecule has 0 bridgehead atoms. The maximum absolute atomic E-state index is 13.9. The van der Waals surface area contributed by atoms with E-state index >= 15 is 0 Å². The van der Waals surface area contributed by atoms with Crippen LogP contribution in [-0.2, 0) is 20.9 Å². The summed E-state index contributed by atoms with van der Waals surface area (Å²) < 4.78 is 25.1. The zero-order valence-electron chi connectivity index (χ0n) is 27.2. The van der Waals surface area contributed by atoms with Crippen LogP contribution in [0, 0.1) is 6.92 Å². The lowest BCUT2D eigenvalue weighted by molar-refractivity contribution is -0.104. The number of allylic oxidation sites excluding steroid dienone is 1. The number of anilines is 2. The summed E-state index contributed by atoms with van der Waals surface area (Å²) in [5, 5.41) is 4.46. The van der Waals surface area contributed by atoms with Gasteiger partial charge < -0.3 is 23.8 Å². The molecule has 1 aliphatic rings. The standard InChI is InChI=1S/C35H39N5O7/c1-6-44-28-14-12-27(13-15-28)39(34(43)47-35(3,4)5)32-24(2)31(37-30-16-19-36-40(30)32)46-29-22-38(20-17-26(29)18-21-41)33(42)45-23-25-10-8-7-9-11-25/h7-16,18-19,21,29H,6,17,20,22-23H2,1-5H3/b26-18-/t29-/m1/s1. The molecule has 47 heavy (non-hydrogen) atoms. The van der Waals surface area contributed by atoms with Crippen LogP contribution in [0.1, 0.15) is 45.2 Å². The van der Waals surface area contributed by atoms with Crippen LogP contribution in [0.3, 0.4) is 0 Å². The molecule has 2 amide bonds. The molecule has 0 unspecified atom stereocenters. The molecule has 0 saturated carbocycles. The molecule has 0 spiro atoms. The Morgan fingerprint density at radius 1 is 1.06 bits per heavy atom. The first kappa shape index (κ1) is 33.0. The monoisotopic (exact) mass is 641 g/mol. The predicted octanol–water partition coefficient (Wildman–Crippen LogP) is 6.42. The number of nitrogens with zero attached hydrogens (tertiary/aromatic N) is 5. The van der Waals surface area contributed by atoms with Gasteiger partial charge in [-0.15, -0.1) is 0 Å². The summed E-state index contributed by atoms with van der Waals surface area (Å²) in [5.41, 5.74) is 2.19. The molecule has 4 aromatic rings. The van der Waals surface area contributed by atoms with Gasteiger partial charge in [-0.25, -0.2) is 14.5 Å². The van der Waals surface area contributed by atoms with Crippen molar-refractivity contribution in [1.82, 2.24) is 19.5 Å². The first-order chi connectivity index (χ1) is 22.6. The Morgan fingerprint density at radius 2 is 1.81 bits per heavy atom. The van der Waals surface area contributed by atoms with Crippen LogP contribution in [0.25, 0.3) is 5.65 Å². The average molecular weight is 642 g/mol. The summed E-state index contributed by atoms with van der Waals surface area (Å²) in [6.07, 6.45) is 2.31. The average Bonchev–Trinajstić information content (AvgIpc) is 3.51. The second-order valence-electron chi connectivity index (χ2n) is 11.9. The minimum absolute atomic E-state index is 0.128. The van der Waals surface area contributed by atoms with Gasteiger partial charge in [0.15, 0.2) is 11.5 Å². The maximum atomic E-state index is 13.9. The van der Waals surface area contributed by atoms with Crippen molar-refractivity contribution < 1.29 is 33.3 Å². The van der Waals surface area contributed by atoms with Gasteiger partial charge in [0.05, 0.1) is 30.6 Å². The molecule has 2 aromatic carbocycles. The Morgan fingerprint density at radius 3 is 2.49 bits per heavy atom. The second-order valence-corrected chi connectivity index (χ2v) is 11.9. The molecule has 0 radical (unpaired) electrons. The Bertz CT molecular complexity index is 1750. The molecular formula is C35H39N5O7. The molecule has 3 heterocycles. The number of carbonyl (C=O) groups is 3. The number of aromatic nitrogens is 3. The van der Waals surface area contributed by atoms with E-state index in [9.17, 15) is 14.4 Å². The SMILES string of the molecule is CCOc1ccc(N(C(=O)OC(C)(C)C)c2c(C)c(O[C@@H]3CN(C(=O)OCc4ccccc4)CC/C3=C/C=O)nc3ccnn23)cc1. The fourth-order valence-corrected chi connectivity index (χ4v) is 5.18. The van der Waals surface area contributed by atoms with Crippen molar-refractivity contribution in [3.63, 3.8) is 0 Å². The van der Waals surface area contributed by atoms with Crippen LogP contribution < -0.4 is 14.4 Å². The molecule has 246 valence electrons. The molecular weight excluding hydrogens is 602 g/mol. The smallest absolute Gasteiger partial charge is 0.420 e. The van der Waals surface area contributed by atoms with Crippen LogP contribution in [0.4, 0.5) is 21.1 Å². The highest BCUT2D eigenvalue weighted by Gasteiger charge is 2.33. The Labute approximate surface area is 273 Å². The summed E-state index contributed by atoms with van der Waals surface area (Å²) in [6.45, 7) is 10.1. The zero-order valence-corrected chi connectivity index (χ0v) is 27.2. The third-order valence-corrected chi connectivity index (χ3v) is 7.36. The van der Waals surface area contributed by atoms with Crippen molar-refractivity contribution in [3.05, 3.63) is 89.6 Å². The van der Waals surface area contributed by atoms with Crippen LogP contribution >= 0.6 is 0 Å². The number of amides is 2. The van der Waals surface area contributed by atoms with Crippen LogP contribution in [0.15, 0.2) is 78.5 Å². The number of rotatable bonds is 9. The largest absolute Gasteiger partial charge is 0.494 e. The topological polar surface area (TPSA) is 125 Å². The minimum Gasteiger partial charge on any atom is -0.494 e. The number of hydrogen-bond acceptors (Lipinski definition) is 9. The number of ether oxygens (including phenoxy) is 4. The maximum Gasteiger partial charge on any atom is 0.420 e. The zero-order chi connectivity index (χ0) is 33.6. The van der Waals surface area contributed by atoms with E-state index < -0.39 is 23.9 Å².